The van der Waals surface area contributed by atoms with Crippen molar-refractivity contribution in [1.29, 1.82) is 0 Å². The normalized spacial score (nSPS) is 38.6. The molecule has 1 aromatic carbocycles. The van der Waals surface area contributed by atoms with Crippen molar-refractivity contribution in [2.24, 2.45) is 0 Å². The van der Waals surface area contributed by atoms with E-state index in [-0.39, 0.29) is 0 Å². The van der Waals surface area contributed by atoms with Crippen LogP contribution in [0.2, 0.25) is 0 Å². The van der Waals surface area contributed by atoms with Gasteiger partial charge in [0.2, 0.25) is 0 Å². The van der Waals surface area contributed by atoms with Crippen LogP contribution in [0.1, 0.15) is 40.6 Å². The predicted molar refractivity (Wildman–Crippen MR) is 107 cm³/mol. The lowest BCUT2D eigenvalue weighted by atomic mass is 9.84. The monoisotopic (exact) mass is 492 g/mol. The minimum absolute atomic E-state index is 0.758. The number of ether oxygens (including phenoxy) is 2. The zero-order valence-electron chi connectivity index (χ0n) is 17.8. The minimum Gasteiger partial charge on any atom is -0.507 e. The molecule has 0 aromatic heterocycles. The van der Waals surface area contributed by atoms with Gasteiger partial charge in [-0.05, 0) is 6.92 Å². The van der Waals surface area contributed by atoms with E-state index in [0.717, 1.165) is 6.92 Å². The number of aliphatic hydroxyl groups is 8. The molecule has 3 rings (SSSR count). The number of aliphatic hydroxyl groups excluding tert-OH is 8. The van der Waals surface area contributed by atoms with Crippen molar-refractivity contribution < 1.29 is 70.4 Å². The van der Waals surface area contributed by atoms with Crippen LogP contribution in [-0.4, -0.2) is 124 Å². The molecule has 0 spiro atoms. The first-order valence-electron chi connectivity index (χ1n) is 10.3. The van der Waals surface area contributed by atoms with Crippen LogP contribution < -0.4 is 0 Å². The predicted octanol–water partition coefficient (Wildman–Crippen LogP) is -3.96. The zero-order valence-corrected chi connectivity index (χ0v) is 17.8. The average Bonchev–Trinajstić information content (AvgIpc) is 2.78. The van der Waals surface area contributed by atoms with E-state index in [2.05, 4.69) is 0 Å². The number of aromatic hydroxyl groups is 3. The number of Topliss-reactive ketones (excluding diaryl/α,β-unsaturated/α-hetero) is 1. The quantitative estimate of drug-likeness (QED) is 0.175. The van der Waals surface area contributed by atoms with Crippen molar-refractivity contribution in [3.63, 3.8) is 0 Å². The summed E-state index contributed by atoms with van der Waals surface area (Å²) >= 11 is 0. The summed E-state index contributed by atoms with van der Waals surface area (Å²) < 4.78 is 10.7. The number of benzene rings is 1. The van der Waals surface area contributed by atoms with Gasteiger partial charge in [-0.3, -0.25) is 4.79 Å². The molecule has 11 N–H and O–H groups in total. The van der Waals surface area contributed by atoms with E-state index in [9.17, 15) is 61.0 Å². The highest BCUT2D eigenvalue weighted by atomic mass is 16.6. The van der Waals surface area contributed by atoms with Gasteiger partial charge in [0, 0.05) is 0 Å². The number of hydrogen-bond donors (Lipinski definition) is 11. The molecule has 2 saturated heterocycles. The van der Waals surface area contributed by atoms with Crippen molar-refractivity contribution >= 4 is 5.78 Å². The van der Waals surface area contributed by atoms with Crippen LogP contribution in [0.3, 0.4) is 0 Å². The molecule has 0 radical (unpaired) electrons. The fraction of sp³-hybridized carbons (Fsp3) is 0.650. The standard InChI is InChI=1S/C20H28O14/c1-4(23)7-12(26)8(19-17(31)15(29)10(24)5(2-21)33-19)14(28)9(13(7)27)20-18(32)16(30)11(25)6(3-22)34-20/h5-6,10-11,15-22,24-32H,2-3H2,1H3/t5-,6-,10-,11-,15+,16+,17-,18-,19-,20-/m1/s1. The number of rotatable bonds is 5. The molecule has 14 nitrogen and oxygen atoms in total. The van der Waals surface area contributed by atoms with Crippen molar-refractivity contribution in [3.05, 3.63) is 16.7 Å². The second kappa shape index (κ2) is 9.87. The molecule has 0 aliphatic carbocycles. The van der Waals surface area contributed by atoms with Gasteiger partial charge in [0.05, 0.1) is 24.3 Å². The lowest BCUT2D eigenvalue weighted by molar-refractivity contribution is -0.234. The molecule has 0 amide bonds. The van der Waals surface area contributed by atoms with Crippen LogP contribution in [0.5, 0.6) is 17.2 Å². The molecule has 14 heteroatoms. The van der Waals surface area contributed by atoms with Gasteiger partial charge in [0.25, 0.3) is 0 Å². The van der Waals surface area contributed by atoms with Gasteiger partial charge in [-0.25, -0.2) is 0 Å². The summed E-state index contributed by atoms with van der Waals surface area (Å²) in [6.07, 6.45) is -18.1. The molecule has 2 fully saturated rings. The molecule has 34 heavy (non-hydrogen) atoms. The average molecular weight is 492 g/mol. The summed E-state index contributed by atoms with van der Waals surface area (Å²) in [5, 5.41) is 112. The number of ketones is 1. The molecule has 0 saturated carbocycles. The molecule has 192 valence electrons. The van der Waals surface area contributed by atoms with Crippen molar-refractivity contribution in [3.8, 4) is 17.2 Å². The Kier molecular flexibility index (Phi) is 7.69. The van der Waals surface area contributed by atoms with Crippen LogP contribution in [0.15, 0.2) is 0 Å². The van der Waals surface area contributed by atoms with Crippen LogP contribution >= 0.6 is 0 Å². The second-order valence-electron chi connectivity index (χ2n) is 8.30. The summed E-state index contributed by atoms with van der Waals surface area (Å²) in [5.41, 5.74) is -2.32. The fourth-order valence-electron chi connectivity index (χ4n) is 4.30. The van der Waals surface area contributed by atoms with E-state index >= 15 is 0 Å². The molecule has 10 atom stereocenters. The van der Waals surface area contributed by atoms with Gasteiger partial charge < -0.3 is 65.6 Å². The third kappa shape index (κ3) is 4.11. The van der Waals surface area contributed by atoms with Crippen LogP contribution in [0.25, 0.3) is 0 Å². The highest BCUT2D eigenvalue weighted by Crippen LogP contribution is 2.52. The molecular weight excluding hydrogens is 464 g/mol. The summed E-state index contributed by atoms with van der Waals surface area (Å²) in [5.74, 6) is -4.18. The van der Waals surface area contributed by atoms with Gasteiger partial charge in [0.1, 0.15) is 83.9 Å². The summed E-state index contributed by atoms with van der Waals surface area (Å²) in [6, 6.07) is 0. The summed E-state index contributed by atoms with van der Waals surface area (Å²) in [6.45, 7) is -0.764. The Labute approximate surface area is 192 Å². The number of phenols is 3. The molecule has 0 unspecified atom stereocenters. The number of carbonyl (C=O) groups is 1. The maximum atomic E-state index is 12.2. The Morgan fingerprint density at radius 1 is 0.647 bits per heavy atom. The Bertz CT molecular complexity index is 854. The summed E-state index contributed by atoms with van der Waals surface area (Å²) in [4.78, 5) is 12.2. The SMILES string of the molecule is CC(=O)c1c(O)c([C@H]2O[C@H](CO)[C@@H](O)[C@H](O)[C@H]2O)c(O)c([C@H]2O[C@H](CO)[C@@H](O)[C@H](O)[C@H]2O)c1O. The lowest BCUT2D eigenvalue weighted by Crippen LogP contribution is -2.55. The van der Waals surface area contributed by atoms with Gasteiger partial charge in [-0.1, -0.05) is 0 Å². The number of phenolic OH excluding ortho intramolecular Hbond substituents is 3. The zero-order chi connectivity index (χ0) is 25.6. The van der Waals surface area contributed by atoms with E-state index in [1.807, 2.05) is 0 Å². The van der Waals surface area contributed by atoms with E-state index in [0.29, 0.717) is 0 Å². The van der Waals surface area contributed by atoms with Crippen molar-refractivity contribution in [2.45, 2.75) is 68.0 Å². The maximum absolute atomic E-state index is 12.2. The Hall–Kier alpha value is -2.11. The van der Waals surface area contributed by atoms with E-state index in [1.54, 1.807) is 0 Å². The Morgan fingerprint density at radius 2 is 1.00 bits per heavy atom. The maximum Gasteiger partial charge on any atom is 0.167 e. The van der Waals surface area contributed by atoms with Gasteiger partial charge >= 0.3 is 0 Å². The van der Waals surface area contributed by atoms with Crippen molar-refractivity contribution in [2.75, 3.05) is 13.2 Å². The molecule has 2 heterocycles. The molecule has 0 bridgehead atoms. The summed E-state index contributed by atoms with van der Waals surface area (Å²) in [7, 11) is 0. The first-order chi connectivity index (χ1) is 15.9. The van der Waals surface area contributed by atoms with Crippen LogP contribution in [0, 0.1) is 0 Å². The lowest BCUT2D eigenvalue weighted by Gasteiger charge is -2.42. The third-order valence-electron chi connectivity index (χ3n) is 6.20. The van der Waals surface area contributed by atoms with Gasteiger partial charge in [-0.2, -0.15) is 0 Å². The Balaban J connectivity index is 2.25. The van der Waals surface area contributed by atoms with E-state index in [4.69, 9.17) is 9.47 Å². The van der Waals surface area contributed by atoms with E-state index in [1.165, 1.54) is 0 Å². The van der Waals surface area contributed by atoms with Crippen LogP contribution in [-0.2, 0) is 9.47 Å². The van der Waals surface area contributed by atoms with Gasteiger partial charge in [0.15, 0.2) is 5.78 Å². The highest BCUT2D eigenvalue weighted by Gasteiger charge is 2.50. The first-order valence-corrected chi connectivity index (χ1v) is 10.3. The third-order valence-corrected chi connectivity index (χ3v) is 6.20. The minimum atomic E-state index is -2.01. The second-order valence-corrected chi connectivity index (χ2v) is 8.30. The molecule has 2 aliphatic heterocycles. The van der Waals surface area contributed by atoms with Crippen LogP contribution in [0.4, 0.5) is 0 Å². The molecule has 1 aromatic rings. The topological polar surface area (TPSA) is 258 Å². The molecule has 2 aliphatic rings. The highest BCUT2D eigenvalue weighted by molar-refractivity contribution is 6.01. The van der Waals surface area contributed by atoms with Gasteiger partial charge in [-0.15, -0.1) is 0 Å². The first kappa shape index (κ1) is 26.5. The number of hydrogen-bond acceptors (Lipinski definition) is 14. The van der Waals surface area contributed by atoms with E-state index < -0.39 is 114 Å². The van der Waals surface area contributed by atoms with Crippen molar-refractivity contribution in [1.82, 2.24) is 0 Å². The molecular formula is C20H28O14. The number of carbonyl (C=O) groups excluding carboxylic acids is 1. The largest absolute Gasteiger partial charge is 0.507 e. The fourth-order valence-corrected chi connectivity index (χ4v) is 4.30. The Morgan fingerprint density at radius 3 is 1.29 bits per heavy atom. The smallest absolute Gasteiger partial charge is 0.167 e.